The standard InChI is InChI=1S/C9H10N2O3/c10-3-4-13-9-7-2-1-6(12)5-8(7)14-11-9/h1-2,5,12H,3-4,10H2. The van der Waals surface area contributed by atoms with Gasteiger partial charge >= 0.3 is 0 Å². The largest absolute Gasteiger partial charge is 0.508 e. The summed E-state index contributed by atoms with van der Waals surface area (Å²) in [6.45, 7) is 0.814. The van der Waals surface area contributed by atoms with Crippen molar-refractivity contribution >= 4 is 11.0 Å². The molecule has 0 radical (unpaired) electrons. The van der Waals surface area contributed by atoms with Crippen LogP contribution in [0.25, 0.3) is 11.0 Å². The van der Waals surface area contributed by atoms with Crippen molar-refractivity contribution in [2.75, 3.05) is 13.2 Å². The van der Waals surface area contributed by atoms with Gasteiger partial charge in [0.15, 0.2) is 5.58 Å². The Morgan fingerprint density at radius 2 is 2.36 bits per heavy atom. The fraction of sp³-hybridized carbons (Fsp3) is 0.222. The lowest BCUT2D eigenvalue weighted by atomic mass is 10.2. The molecule has 2 aromatic rings. The molecule has 5 heteroatoms. The van der Waals surface area contributed by atoms with Gasteiger partial charge in [-0.1, -0.05) is 0 Å². The van der Waals surface area contributed by atoms with Crippen LogP contribution < -0.4 is 10.5 Å². The molecule has 0 amide bonds. The van der Waals surface area contributed by atoms with Crippen LogP contribution in [0.4, 0.5) is 0 Å². The van der Waals surface area contributed by atoms with Gasteiger partial charge in [0.05, 0.1) is 5.39 Å². The molecule has 1 aromatic heterocycles. The summed E-state index contributed by atoms with van der Waals surface area (Å²) in [7, 11) is 0. The van der Waals surface area contributed by atoms with Crippen LogP contribution in [0.3, 0.4) is 0 Å². The first-order chi connectivity index (χ1) is 6.81. The number of hydrogen-bond acceptors (Lipinski definition) is 5. The van der Waals surface area contributed by atoms with Crippen LogP contribution >= 0.6 is 0 Å². The number of benzene rings is 1. The van der Waals surface area contributed by atoms with E-state index < -0.39 is 0 Å². The Morgan fingerprint density at radius 1 is 1.50 bits per heavy atom. The van der Waals surface area contributed by atoms with E-state index in [1.165, 1.54) is 6.07 Å². The van der Waals surface area contributed by atoms with E-state index >= 15 is 0 Å². The summed E-state index contributed by atoms with van der Waals surface area (Å²) in [6, 6.07) is 4.72. The predicted octanol–water partition coefficient (Wildman–Crippen LogP) is 0.871. The molecule has 1 aromatic carbocycles. The molecule has 0 bridgehead atoms. The maximum Gasteiger partial charge on any atom is 0.262 e. The third kappa shape index (κ3) is 1.49. The van der Waals surface area contributed by atoms with Crippen LogP contribution in [0.15, 0.2) is 22.7 Å². The molecule has 0 saturated carbocycles. The monoisotopic (exact) mass is 194 g/mol. The van der Waals surface area contributed by atoms with Gasteiger partial charge in [-0.25, -0.2) is 0 Å². The maximum atomic E-state index is 9.17. The first-order valence-corrected chi connectivity index (χ1v) is 4.22. The molecule has 0 aliphatic rings. The Kier molecular flexibility index (Phi) is 2.24. The molecule has 0 unspecified atom stereocenters. The van der Waals surface area contributed by atoms with Gasteiger partial charge in [0.1, 0.15) is 12.4 Å². The average molecular weight is 194 g/mol. The van der Waals surface area contributed by atoms with Crippen molar-refractivity contribution < 1.29 is 14.4 Å². The third-order valence-electron chi connectivity index (χ3n) is 1.78. The number of nitrogens with zero attached hydrogens (tertiary/aromatic N) is 1. The Bertz CT molecular complexity index is 439. The van der Waals surface area contributed by atoms with Crippen molar-refractivity contribution in [1.82, 2.24) is 5.16 Å². The highest BCUT2D eigenvalue weighted by atomic mass is 16.5. The highest BCUT2D eigenvalue weighted by Gasteiger charge is 2.08. The first-order valence-electron chi connectivity index (χ1n) is 4.22. The number of fused-ring (bicyclic) bond motifs is 1. The highest BCUT2D eigenvalue weighted by Crippen LogP contribution is 2.27. The number of hydrogen-bond donors (Lipinski definition) is 2. The maximum absolute atomic E-state index is 9.17. The van der Waals surface area contributed by atoms with Gasteiger partial charge in [-0.2, -0.15) is 0 Å². The van der Waals surface area contributed by atoms with Gasteiger partial charge in [0.25, 0.3) is 5.88 Å². The molecule has 0 aliphatic heterocycles. The number of nitrogens with two attached hydrogens (primary N) is 1. The Balaban J connectivity index is 2.37. The number of rotatable bonds is 3. The van der Waals surface area contributed by atoms with Gasteiger partial charge in [-0.15, -0.1) is 0 Å². The van der Waals surface area contributed by atoms with E-state index in [1.807, 2.05) is 0 Å². The lowest BCUT2D eigenvalue weighted by Gasteiger charge is -1.98. The van der Waals surface area contributed by atoms with E-state index in [9.17, 15) is 0 Å². The van der Waals surface area contributed by atoms with Crippen molar-refractivity contribution in [2.24, 2.45) is 5.73 Å². The average Bonchev–Trinajstić information content (AvgIpc) is 2.57. The number of aromatic hydroxyl groups is 1. The normalized spacial score (nSPS) is 10.6. The zero-order valence-electron chi connectivity index (χ0n) is 7.43. The zero-order chi connectivity index (χ0) is 9.97. The van der Waals surface area contributed by atoms with E-state index in [-0.39, 0.29) is 5.75 Å². The quantitative estimate of drug-likeness (QED) is 0.757. The van der Waals surface area contributed by atoms with Crippen LogP contribution in [0.2, 0.25) is 0 Å². The lowest BCUT2D eigenvalue weighted by molar-refractivity contribution is 0.293. The van der Waals surface area contributed by atoms with Gasteiger partial charge in [0, 0.05) is 12.6 Å². The molecule has 3 N–H and O–H groups in total. The van der Waals surface area contributed by atoms with Crippen LogP contribution in [0.5, 0.6) is 11.6 Å². The zero-order valence-corrected chi connectivity index (χ0v) is 7.43. The minimum absolute atomic E-state index is 0.138. The minimum Gasteiger partial charge on any atom is -0.508 e. The van der Waals surface area contributed by atoms with E-state index in [4.69, 9.17) is 20.1 Å². The number of ether oxygens (including phenoxy) is 1. The predicted molar refractivity (Wildman–Crippen MR) is 50.2 cm³/mol. The van der Waals surface area contributed by atoms with Crippen LogP contribution in [-0.2, 0) is 0 Å². The van der Waals surface area contributed by atoms with Crippen LogP contribution in [-0.4, -0.2) is 23.4 Å². The molecule has 5 nitrogen and oxygen atoms in total. The van der Waals surface area contributed by atoms with Crippen molar-refractivity contribution in [3.8, 4) is 11.6 Å². The molecule has 14 heavy (non-hydrogen) atoms. The second kappa shape index (κ2) is 3.55. The summed E-state index contributed by atoms with van der Waals surface area (Å²) in [5.41, 5.74) is 5.79. The molecule has 0 aliphatic carbocycles. The molecule has 0 saturated heterocycles. The fourth-order valence-electron chi connectivity index (χ4n) is 1.16. The van der Waals surface area contributed by atoms with E-state index in [0.29, 0.717) is 24.6 Å². The van der Waals surface area contributed by atoms with E-state index in [0.717, 1.165) is 5.39 Å². The van der Waals surface area contributed by atoms with Gasteiger partial charge < -0.3 is 20.1 Å². The van der Waals surface area contributed by atoms with Crippen molar-refractivity contribution in [1.29, 1.82) is 0 Å². The molecule has 74 valence electrons. The Morgan fingerprint density at radius 3 is 3.14 bits per heavy atom. The van der Waals surface area contributed by atoms with E-state index in [2.05, 4.69) is 5.16 Å². The summed E-state index contributed by atoms with van der Waals surface area (Å²) in [4.78, 5) is 0. The van der Waals surface area contributed by atoms with Crippen molar-refractivity contribution in [3.63, 3.8) is 0 Å². The van der Waals surface area contributed by atoms with Gasteiger partial charge in [-0.05, 0) is 17.3 Å². The second-order valence-corrected chi connectivity index (χ2v) is 2.81. The smallest absolute Gasteiger partial charge is 0.262 e. The molecule has 1 heterocycles. The molecular weight excluding hydrogens is 184 g/mol. The van der Waals surface area contributed by atoms with Crippen LogP contribution in [0, 0.1) is 0 Å². The fourth-order valence-corrected chi connectivity index (χ4v) is 1.16. The molecular formula is C9H10N2O3. The molecule has 0 fully saturated rings. The Labute approximate surface area is 80.1 Å². The number of phenolic OH excluding ortho intramolecular Hbond substituents is 1. The summed E-state index contributed by atoms with van der Waals surface area (Å²) in [5, 5.41) is 13.6. The van der Waals surface area contributed by atoms with Crippen molar-refractivity contribution in [3.05, 3.63) is 18.2 Å². The minimum atomic E-state index is 0.138. The summed E-state index contributed by atoms with van der Waals surface area (Å²) in [5.74, 6) is 0.546. The number of phenols is 1. The highest BCUT2D eigenvalue weighted by molar-refractivity contribution is 5.83. The second-order valence-electron chi connectivity index (χ2n) is 2.81. The topological polar surface area (TPSA) is 81.5 Å². The molecule has 0 spiro atoms. The first kappa shape index (κ1) is 8.83. The van der Waals surface area contributed by atoms with Gasteiger partial charge in [-0.3, -0.25) is 0 Å². The lowest BCUT2D eigenvalue weighted by Crippen LogP contribution is -2.10. The SMILES string of the molecule is NCCOc1noc2cc(O)ccc12. The van der Waals surface area contributed by atoms with Gasteiger partial charge in [0.2, 0.25) is 0 Å². The third-order valence-corrected chi connectivity index (χ3v) is 1.78. The van der Waals surface area contributed by atoms with Crippen molar-refractivity contribution in [2.45, 2.75) is 0 Å². The molecule has 2 rings (SSSR count). The van der Waals surface area contributed by atoms with Crippen LogP contribution in [0.1, 0.15) is 0 Å². The summed E-state index contributed by atoms with van der Waals surface area (Å²) >= 11 is 0. The van der Waals surface area contributed by atoms with E-state index in [1.54, 1.807) is 12.1 Å². The number of aromatic nitrogens is 1. The molecule has 0 atom stereocenters. The Hall–Kier alpha value is -1.75. The summed E-state index contributed by atoms with van der Waals surface area (Å²) < 4.78 is 10.2. The summed E-state index contributed by atoms with van der Waals surface area (Å²) in [6.07, 6.45) is 0.